The average Bonchev–Trinajstić information content (AvgIpc) is 2.78. The third-order valence-electron chi connectivity index (χ3n) is 4.71. The maximum absolute atomic E-state index is 12.8. The molecule has 0 radical (unpaired) electrons. The van der Waals surface area contributed by atoms with Gasteiger partial charge in [0.05, 0.1) is 11.7 Å². The Morgan fingerprint density at radius 2 is 2.00 bits per heavy atom. The van der Waals surface area contributed by atoms with Gasteiger partial charge >= 0.3 is 6.18 Å². The smallest absolute Gasteiger partial charge is 0.392 e. The highest BCUT2D eigenvalue weighted by Crippen LogP contribution is 2.31. The van der Waals surface area contributed by atoms with Crippen LogP contribution < -0.4 is 0 Å². The van der Waals surface area contributed by atoms with Crippen molar-refractivity contribution in [2.75, 3.05) is 19.6 Å². The Morgan fingerprint density at radius 3 is 2.73 bits per heavy atom. The summed E-state index contributed by atoms with van der Waals surface area (Å²) in [6.07, 6.45) is -3.81. The van der Waals surface area contributed by atoms with E-state index in [1.165, 1.54) is 12.1 Å². The monoisotopic (exact) mass is 314 g/mol. The van der Waals surface area contributed by atoms with Crippen LogP contribution in [-0.4, -0.2) is 52.7 Å². The molecular formula is C16H21F3N2O. The SMILES string of the molecule is C[C@H]1CN2C[C@H](O)C[C@@H]2CN1Cc1cccc(C(F)(F)F)c1. The highest BCUT2D eigenvalue weighted by Gasteiger charge is 2.38. The molecule has 0 bridgehead atoms. The van der Waals surface area contributed by atoms with Gasteiger partial charge in [-0.2, -0.15) is 13.2 Å². The normalized spacial score (nSPS) is 30.5. The summed E-state index contributed by atoms with van der Waals surface area (Å²) in [5.74, 6) is 0. The van der Waals surface area contributed by atoms with Gasteiger partial charge in [-0.15, -0.1) is 0 Å². The molecule has 2 fully saturated rings. The quantitative estimate of drug-likeness (QED) is 0.908. The molecule has 2 aliphatic rings. The van der Waals surface area contributed by atoms with E-state index in [0.29, 0.717) is 24.7 Å². The molecule has 122 valence electrons. The Labute approximate surface area is 128 Å². The number of alkyl halides is 3. The van der Waals surface area contributed by atoms with Gasteiger partial charge in [0, 0.05) is 38.3 Å². The van der Waals surface area contributed by atoms with Crippen molar-refractivity contribution < 1.29 is 18.3 Å². The first-order chi connectivity index (χ1) is 10.3. The third-order valence-corrected chi connectivity index (χ3v) is 4.71. The zero-order valence-corrected chi connectivity index (χ0v) is 12.6. The molecule has 3 rings (SSSR count). The van der Waals surface area contributed by atoms with E-state index in [4.69, 9.17) is 0 Å². The molecule has 3 atom stereocenters. The van der Waals surface area contributed by atoms with E-state index in [1.807, 2.05) is 0 Å². The van der Waals surface area contributed by atoms with Crippen LogP contribution in [0.25, 0.3) is 0 Å². The summed E-state index contributed by atoms with van der Waals surface area (Å²) in [5.41, 5.74) is 0.0984. The Morgan fingerprint density at radius 1 is 1.23 bits per heavy atom. The number of rotatable bonds is 2. The van der Waals surface area contributed by atoms with Gasteiger partial charge in [-0.25, -0.2) is 0 Å². The standard InChI is InChI=1S/C16H21F3N2O/c1-11-7-21-10-15(22)6-14(21)9-20(11)8-12-3-2-4-13(5-12)16(17,18)19/h2-5,11,14-15,22H,6-10H2,1H3/t11-,14+,15+/m0/s1. The molecule has 0 saturated carbocycles. The maximum atomic E-state index is 12.8. The Hall–Kier alpha value is -1.11. The highest BCUT2D eigenvalue weighted by atomic mass is 19.4. The number of hydrogen-bond donors (Lipinski definition) is 1. The minimum Gasteiger partial charge on any atom is -0.392 e. The van der Waals surface area contributed by atoms with Crippen LogP contribution in [0.1, 0.15) is 24.5 Å². The maximum Gasteiger partial charge on any atom is 0.416 e. The molecule has 3 nitrogen and oxygen atoms in total. The number of fused-ring (bicyclic) bond motifs is 1. The summed E-state index contributed by atoms with van der Waals surface area (Å²) in [4.78, 5) is 4.51. The number of aliphatic hydroxyl groups is 1. The lowest BCUT2D eigenvalue weighted by atomic mass is 10.0. The summed E-state index contributed by atoms with van der Waals surface area (Å²) in [6.45, 7) is 4.99. The molecule has 0 aliphatic carbocycles. The van der Waals surface area contributed by atoms with Crippen LogP contribution in [0.3, 0.4) is 0 Å². The predicted octanol–water partition coefficient (Wildman–Crippen LogP) is 2.34. The Balaban J connectivity index is 1.70. The van der Waals surface area contributed by atoms with Crippen LogP contribution in [0.4, 0.5) is 13.2 Å². The van der Waals surface area contributed by atoms with E-state index in [2.05, 4.69) is 16.7 Å². The van der Waals surface area contributed by atoms with Gasteiger partial charge < -0.3 is 5.11 Å². The van der Waals surface area contributed by atoms with Crippen LogP contribution in [0.15, 0.2) is 24.3 Å². The second-order valence-electron chi connectivity index (χ2n) is 6.47. The number of benzene rings is 1. The van der Waals surface area contributed by atoms with Crippen molar-refractivity contribution in [1.82, 2.24) is 9.80 Å². The lowest BCUT2D eigenvalue weighted by molar-refractivity contribution is -0.137. The second-order valence-corrected chi connectivity index (χ2v) is 6.47. The Bertz CT molecular complexity index is 534. The van der Waals surface area contributed by atoms with Gasteiger partial charge in [-0.3, -0.25) is 9.80 Å². The van der Waals surface area contributed by atoms with Gasteiger partial charge in [0.15, 0.2) is 0 Å². The number of piperazine rings is 1. The molecule has 2 aliphatic heterocycles. The predicted molar refractivity (Wildman–Crippen MR) is 77.3 cm³/mol. The second kappa shape index (κ2) is 5.83. The topological polar surface area (TPSA) is 26.7 Å². The first-order valence-electron chi connectivity index (χ1n) is 7.65. The highest BCUT2D eigenvalue weighted by molar-refractivity contribution is 5.25. The van der Waals surface area contributed by atoms with E-state index >= 15 is 0 Å². The van der Waals surface area contributed by atoms with Crippen molar-refractivity contribution in [3.63, 3.8) is 0 Å². The largest absolute Gasteiger partial charge is 0.416 e. The zero-order chi connectivity index (χ0) is 15.9. The van der Waals surface area contributed by atoms with Crippen molar-refractivity contribution in [2.24, 2.45) is 0 Å². The van der Waals surface area contributed by atoms with Crippen molar-refractivity contribution in [2.45, 2.75) is 44.3 Å². The summed E-state index contributed by atoms with van der Waals surface area (Å²) >= 11 is 0. The molecule has 0 spiro atoms. The van der Waals surface area contributed by atoms with Crippen molar-refractivity contribution in [3.8, 4) is 0 Å². The summed E-state index contributed by atoms with van der Waals surface area (Å²) in [7, 11) is 0. The lowest BCUT2D eigenvalue weighted by Gasteiger charge is -2.42. The van der Waals surface area contributed by atoms with Crippen molar-refractivity contribution in [3.05, 3.63) is 35.4 Å². The molecule has 6 heteroatoms. The number of nitrogens with zero attached hydrogens (tertiary/aromatic N) is 2. The number of hydrogen-bond acceptors (Lipinski definition) is 3. The molecule has 0 unspecified atom stereocenters. The van der Waals surface area contributed by atoms with Gasteiger partial charge in [0.2, 0.25) is 0 Å². The fraction of sp³-hybridized carbons (Fsp3) is 0.625. The molecule has 0 aromatic heterocycles. The molecule has 2 heterocycles. The molecule has 1 aromatic carbocycles. The zero-order valence-electron chi connectivity index (χ0n) is 12.6. The summed E-state index contributed by atoms with van der Waals surface area (Å²) in [6, 6.07) is 6.16. The lowest BCUT2D eigenvalue weighted by Crippen LogP contribution is -2.54. The van der Waals surface area contributed by atoms with E-state index in [0.717, 1.165) is 25.6 Å². The van der Waals surface area contributed by atoms with Crippen molar-refractivity contribution >= 4 is 0 Å². The molecule has 1 aromatic rings. The fourth-order valence-corrected chi connectivity index (χ4v) is 3.58. The van der Waals surface area contributed by atoms with Gasteiger partial charge in [0.25, 0.3) is 0 Å². The minimum atomic E-state index is -4.30. The molecular weight excluding hydrogens is 293 g/mol. The van der Waals surface area contributed by atoms with E-state index < -0.39 is 11.7 Å². The third kappa shape index (κ3) is 3.29. The van der Waals surface area contributed by atoms with E-state index in [9.17, 15) is 18.3 Å². The number of halogens is 3. The molecule has 1 N–H and O–H groups in total. The van der Waals surface area contributed by atoms with Crippen LogP contribution in [0, 0.1) is 0 Å². The molecule has 22 heavy (non-hydrogen) atoms. The van der Waals surface area contributed by atoms with Crippen molar-refractivity contribution in [1.29, 1.82) is 0 Å². The van der Waals surface area contributed by atoms with E-state index in [-0.39, 0.29) is 12.1 Å². The van der Waals surface area contributed by atoms with Gasteiger partial charge in [0.1, 0.15) is 0 Å². The minimum absolute atomic E-state index is 0.272. The molecule has 0 amide bonds. The van der Waals surface area contributed by atoms with Gasteiger partial charge in [-0.1, -0.05) is 18.2 Å². The number of aliphatic hydroxyl groups excluding tert-OH is 1. The Kier molecular flexibility index (Phi) is 4.18. The van der Waals surface area contributed by atoms with Crippen LogP contribution in [-0.2, 0) is 12.7 Å². The summed E-state index contributed by atoms with van der Waals surface area (Å²) in [5, 5.41) is 9.76. The van der Waals surface area contributed by atoms with Crippen LogP contribution in [0.5, 0.6) is 0 Å². The average molecular weight is 314 g/mol. The first-order valence-corrected chi connectivity index (χ1v) is 7.65. The molecule has 2 saturated heterocycles. The van der Waals surface area contributed by atoms with Crippen LogP contribution in [0.2, 0.25) is 0 Å². The summed E-state index contributed by atoms with van der Waals surface area (Å²) < 4.78 is 38.4. The van der Waals surface area contributed by atoms with Crippen LogP contribution >= 0.6 is 0 Å². The van der Waals surface area contributed by atoms with Gasteiger partial charge in [-0.05, 0) is 25.0 Å². The van der Waals surface area contributed by atoms with E-state index in [1.54, 1.807) is 6.07 Å². The first kappa shape index (κ1) is 15.8. The fourth-order valence-electron chi connectivity index (χ4n) is 3.58.